The molecule has 8 heteroatoms. The number of tetrazole rings is 1. The number of aromatic nitrogens is 4. The van der Waals surface area contributed by atoms with Crippen LogP contribution in [0.25, 0.3) is 11.4 Å². The average molecular weight is 331 g/mol. The van der Waals surface area contributed by atoms with Crippen molar-refractivity contribution in [2.75, 3.05) is 0 Å². The van der Waals surface area contributed by atoms with E-state index < -0.39 is 17.9 Å². The molecule has 128 valence electrons. The SMILES string of the molecule is CCCCC(NC(=O)Cn1nnc(-c2ccc(C)cc2)n1)C(=O)O. The van der Waals surface area contributed by atoms with Crippen molar-refractivity contribution in [2.24, 2.45) is 0 Å². The zero-order chi connectivity index (χ0) is 17.5. The van der Waals surface area contributed by atoms with Crippen LogP contribution in [0.1, 0.15) is 31.7 Å². The lowest BCUT2D eigenvalue weighted by atomic mass is 10.1. The summed E-state index contributed by atoms with van der Waals surface area (Å²) in [7, 11) is 0. The molecule has 0 bridgehead atoms. The van der Waals surface area contributed by atoms with Gasteiger partial charge in [0.25, 0.3) is 0 Å². The molecule has 0 radical (unpaired) electrons. The van der Waals surface area contributed by atoms with Crippen molar-refractivity contribution in [3.63, 3.8) is 0 Å². The minimum Gasteiger partial charge on any atom is -0.480 e. The van der Waals surface area contributed by atoms with Gasteiger partial charge in [-0.25, -0.2) is 4.79 Å². The first-order chi connectivity index (χ1) is 11.5. The predicted molar refractivity (Wildman–Crippen MR) is 87.1 cm³/mol. The van der Waals surface area contributed by atoms with E-state index in [1.807, 2.05) is 38.1 Å². The van der Waals surface area contributed by atoms with E-state index in [9.17, 15) is 9.59 Å². The van der Waals surface area contributed by atoms with Gasteiger partial charge in [0.2, 0.25) is 11.7 Å². The molecule has 1 aromatic heterocycles. The van der Waals surface area contributed by atoms with Crippen LogP contribution in [0.4, 0.5) is 0 Å². The van der Waals surface area contributed by atoms with Crippen LogP contribution in [0.5, 0.6) is 0 Å². The summed E-state index contributed by atoms with van der Waals surface area (Å²) >= 11 is 0. The van der Waals surface area contributed by atoms with Gasteiger partial charge in [-0.15, -0.1) is 10.2 Å². The van der Waals surface area contributed by atoms with E-state index in [4.69, 9.17) is 5.11 Å². The predicted octanol–water partition coefficient (Wildman–Crippen LogP) is 1.41. The molecule has 1 heterocycles. The van der Waals surface area contributed by atoms with Crippen LogP contribution < -0.4 is 5.32 Å². The largest absolute Gasteiger partial charge is 0.480 e. The van der Waals surface area contributed by atoms with Gasteiger partial charge < -0.3 is 10.4 Å². The second kappa shape index (κ2) is 8.19. The third-order valence-corrected chi connectivity index (χ3v) is 3.53. The molecule has 1 atom stereocenters. The first kappa shape index (κ1) is 17.6. The Morgan fingerprint density at radius 3 is 2.62 bits per heavy atom. The topological polar surface area (TPSA) is 110 Å². The van der Waals surface area contributed by atoms with E-state index >= 15 is 0 Å². The number of benzene rings is 1. The summed E-state index contributed by atoms with van der Waals surface area (Å²) in [4.78, 5) is 24.3. The Morgan fingerprint density at radius 1 is 1.29 bits per heavy atom. The lowest BCUT2D eigenvalue weighted by molar-refractivity contribution is -0.142. The fraction of sp³-hybridized carbons (Fsp3) is 0.438. The Bertz CT molecular complexity index is 696. The normalized spacial score (nSPS) is 11.9. The molecule has 1 unspecified atom stereocenters. The van der Waals surface area contributed by atoms with E-state index in [0.717, 1.165) is 28.8 Å². The van der Waals surface area contributed by atoms with Gasteiger partial charge in [-0.1, -0.05) is 49.6 Å². The number of carboxylic acid groups (broad SMARTS) is 1. The highest BCUT2D eigenvalue weighted by molar-refractivity contribution is 5.83. The Kier molecular flexibility index (Phi) is 6.00. The van der Waals surface area contributed by atoms with E-state index in [2.05, 4.69) is 20.7 Å². The number of aryl methyl sites for hydroxylation is 1. The van der Waals surface area contributed by atoms with Crippen molar-refractivity contribution in [3.05, 3.63) is 29.8 Å². The minimum absolute atomic E-state index is 0.172. The van der Waals surface area contributed by atoms with Crippen LogP contribution in [-0.4, -0.2) is 43.2 Å². The second-order valence-electron chi connectivity index (χ2n) is 5.61. The fourth-order valence-corrected chi connectivity index (χ4v) is 2.16. The molecule has 0 saturated carbocycles. The van der Waals surface area contributed by atoms with Gasteiger partial charge in [0.05, 0.1) is 0 Å². The van der Waals surface area contributed by atoms with Gasteiger partial charge >= 0.3 is 5.97 Å². The molecular weight excluding hydrogens is 310 g/mol. The fourth-order valence-electron chi connectivity index (χ4n) is 2.16. The number of carbonyl (C=O) groups excluding carboxylic acids is 1. The Morgan fingerprint density at radius 2 is 2.00 bits per heavy atom. The maximum Gasteiger partial charge on any atom is 0.326 e. The Hall–Kier alpha value is -2.77. The number of nitrogens with zero attached hydrogens (tertiary/aromatic N) is 4. The van der Waals surface area contributed by atoms with Crippen molar-refractivity contribution in [1.82, 2.24) is 25.5 Å². The Labute approximate surface area is 139 Å². The summed E-state index contributed by atoms with van der Waals surface area (Å²) in [5.74, 6) is -1.07. The number of aliphatic carboxylic acids is 1. The standard InChI is InChI=1S/C16H21N5O3/c1-3-4-5-13(16(23)24)17-14(22)10-21-19-15(18-20-21)12-8-6-11(2)7-9-12/h6-9,13H,3-5,10H2,1-2H3,(H,17,22)(H,23,24). The van der Waals surface area contributed by atoms with Crippen LogP contribution >= 0.6 is 0 Å². The molecule has 2 rings (SSSR count). The zero-order valence-electron chi connectivity index (χ0n) is 13.8. The number of rotatable bonds is 8. The summed E-state index contributed by atoms with van der Waals surface area (Å²) in [5.41, 5.74) is 1.93. The van der Waals surface area contributed by atoms with Crippen LogP contribution in [-0.2, 0) is 16.1 Å². The molecule has 1 amide bonds. The number of carbonyl (C=O) groups is 2. The van der Waals surface area contributed by atoms with E-state index in [1.54, 1.807) is 0 Å². The first-order valence-electron chi connectivity index (χ1n) is 7.86. The average Bonchev–Trinajstić information content (AvgIpc) is 3.00. The van der Waals surface area contributed by atoms with Gasteiger partial charge in [-0.05, 0) is 18.6 Å². The highest BCUT2D eigenvalue weighted by Crippen LogP contribution is 2.13. The molecule has 8 nitrogen and oxygen atoms in total. The number of nitrogens with one attached hydrogen (secondary N) is 1. The highest BCUT2D eigenvalue weighted by atomic mass is 16.4. The molecule has 0 saturated heterocycles. The molecule has 1 aromatic carbocycles. The van der Waals surface area contributed by atoms with Gasteiger partial charge in [0.1, 0.15) is 12.6 Å². The van der Waals surface area contributed by atoms with Gasteiger partial charge in [-0.2, -0.15) is 4.80 Å². The van der Waals surface area contributed by atoms with E-state index in [1.165, 1.54) is 0 Å². The number of unbranched alkanes of at least 4 members (excludes halogenated alkanes) is 1. The van der Waals surface area contributed by atoms with Crippen molar-refractivity contribution < 1.29 is 14.7 Å². The molecule has 0 spiro atoms. The summed E-state index contributed by atoms with van der Waals surface area (Å²) in [6, 6.07) is 6.74. The van der Waals surface area contributed by atoms with Crippen LogP contribution in [0.2, 0.25) is 0 Å². The molecule has 0 aliphatic rings. The first-order valence-corrected chi connectivity index (χ1v) is 7.86. The van der Waals surface area contributed by atoms with Crippen molar-refractivity contribution in [3.8, 4) is 11.4 Å². The number of carboxylic acids is 1. The molecular formula is C16H21N5O3. The maximum atomic E-state index is 12.0. The molecule has 0 aliphatic carbocycles. The zero-order valence-corrected chi connectivity index (χ0v) is 13.8. The third kappa shape index (κ3) is 4.87. The summed E-state index contributed by atoms with van der Waals surface area (Å²) < 4.78 is 0. The maximum absolute atomic E-state index is 12.0. The van der Waals surface area contributed by atoms with Crippen molar-refractivity contribution >= 4 is 11.9 Å². The summed E-state index contributed by atoms with van der Waals surface area (Å²) in [6.45, 7) is 3.78. The van der Waals surface area contributed by atoms with Gasteiger partial charge in [0.15, 0.2) is 0 Å². The molecule has 2 N–H and O–H groups in total. The van der Waals surface area contributed by atoms with Crippen molar-refractivity contribution in [1.29, 1.82) is 0 Å². The number of hydrogen-bond donors (Lipinski definition) is 2. The van der Waals surface area contributed by atoms with Crippen LogP contribution in [0.15, 0.2) is 24.3 Å². The van der Waals surface area contributed by atoms with Crippen molar-refractivity contribution in [2.45, 2.75) is 45.7 Å². The molecule has 0 aliphatic heterocycles. The monoisotopic (exact) mass is 331 g/mol. The quantitative estimate of drug-likeness (QED) is 0.757. The highest BCUT2D eigenvalue weighted by Gasteiger charge is 2.20. The second-order valence-corrected chi connectivity index (χ2v) is 5.61. The minimum atomic E-state index is -1.04. The molecule has 0 fully saturated rings. The van der Waals surface area contributed by atoms with Crippen LogP contribution in [0, 0.1) is 6.92 Å². The van der Waals surface area contributed by atoms with Gasteiger partial charge in [0, 0.05) is 5.56 Å². The number of hydrogen-bond acceptors (Lipinski definition) is 5. The lowest BCUT2D eigenvalue weighted by Crippen LogP contribution is -2.42. The van der Waals surface area contributed by atoms with Crippen LogP contribution in [0.3, 0.4) is 0 Å². The summed E-state index contributed by atoms with van der Waals surface area (Å²) in [6.07, 6.45) is 2.00. The third-order valence-electron chi connectivity index (χ3n) is 3.53. The Balaban J connectivity index is 1.97. The summed E-state index contributed by atoms with van der Waals surface area (Å²) in [5, 5.41) is 23.5. The molecule has 24 heavy (non-hydrogen) atoms. The van der Waals surface area contributed by atoms with E-state index in [-0.39, 0.29) is 6.54 Å². The molecule has 2 aromatic rings. The lowest BCUT2D eigenvalue weighted by Gasteiger charge is -2.13. The van der Waals surface area contributed by atoms with E-state index in [0.29, 0.717) is 12.2 Å². The number of amides is 1. The van der Waals surface area contributed by atoms with Gasteiger partial charge in [-0.3, -0.25) is 4.79 Å². The smallest absolute Gasteiger partial charge is 0.326 e.